The van der Waals surface area contributed by atoms with E-state index in [1.807, 2.05) is 13.8 Å². The van der Waals surface area contributed by atoms with Gasteiger partial charge in [-0.05, 0) is 33.6 Å². The molecule has 1 heterocycles. The number of hydrogen-bond acceptors (Lipinski definition) is 3. The van der Waals surface area contributed by atoms with Crippen LogP contribution < -0.4 is 5.32 Å². The highest BCUT2D eigenvalue weighted by atomic mass is 35.5. The minimum Gasteiger partial charge on any atom is -0.353 e. The number of carbonyl (C=O) groups is 3. The summed E-state index contributed by atoms with van der Waals surface area (Å²) < 4.78 is 0. The third kappa shape index (κ3) is 5.65. The summed E-state index contributed by atoms with van der Waals surface area (Å²) in [5.74, 6) is 0.296. The van der Waals surface area contributed by atoms with Crippen molar-refractivity contribution < 1.29 is 14.4 Å². The van der Waals surface area contributed by atoms with Crippen molar-refractivity contribution in [2.45, 2.75) is 52.5 Å². The Hall–Kier alpha value is -1.10. The average molecular weight is 317 g/mol. The Balaban J connectivity index is 2.37. The van der Waals surface area contributed by atoms with Gasteiger partial charge in [-0.1, -0.05) is 0 Å². The highest BCUT2D eigenvalue weighted by Gasteiger charge is 2.30. The molecule has 1 N–H and O–H groups in total. The number of piperidine rings is 1. The molecular weight excluding hydrogens is 292 g/mol. The lowest BCUT2D eigenvalue weighted by molar-refractivity contribution is -0.134. The maximum absolute atomic E-state index is 12.0. The topological polar surface area (TPSA) is 66.5 Å². The van der Waals surface area contributed by atoms with Gasteiger partial charge in [0.05, 0.1) is 5.41 Å². The van der Waals surface area contributed by atoms with E-state index >= 15 is 0 Å². The number of halogens is 1. The van der Waals surface area contributed by atoms with E-state index < -0.39 is 5.41 Å². The van der Waals surface area contributed by atoms with Crippen LogP contribution in [0.1, 0.15) is 46.5 Å². The normalized spacial score (nSPS) is 16.7. The molecule has 1 rings (SSSR count). The van der Waals surface area contributed by atoms with Crippen molar-refractivity contribution in [2.75, 3.05) is 19.0 Å². The largest absolute Gasteiger partial charge is 0.353 e. The van der Waals surface area contributed by atoms with E-state index in [4.69, 9.17) is 11.6 Å². The van der Waals surface area contributed by atoms with E-state index in [0.29, 0.717) is 19.5 Å². The third-order valence-electron chi connectivity index (χ3n) is 3.82. The number of nitrogens with one attached hydrogen (secondary N) is 1. The Labute approximate surface area is 131 Å². The number of nitrogens with zero attached hydrogens (tertiary/aromatic N) is 1. The molecular formula is C15H25ClN2O3. The monoisotopic (exact) mass is 316 g/mol. The van der Waals surface area contributed by atoms with Gasteiger partial charge in [-0.15, -0.1) is 11.6 Å². The average Bonchev–Trinajstić information content (AvgIpc) is 2.45. The number of Topliss-reactive ketones (excluding diaryl/α,β-unsaturated/α-hetero) is 1. The summed E-state index contributed by atoms with van der Waals surface area (Å²) in [6.45, 7) is 6.38. The Bertz CT molecular complexity index is 402. The molecule has 6 heteroatoms. The first-order valence-electron chi connectivity index (χ1n) is 7.40. The molecule has 120 valence electrons. The van der Waals surface area contributed by atoms with Crippen molar-refractivity contribution in [3.8, 4) is 0 Å². The molecule has 1 aliphatic rings. The summed E-state index contributed by atoms with van der Waals surface area (Å²) in [5.41, 5.74) is -0.573. The van der Waals surface area contributed by atoms with E-state index in [1.165, 1.54) is 6.92 Å². The lowest BCUT2D eigenvalue weighted by atomic mass is 9.93. The molecule has 5 nitrogen and oxygen atoms in total. The molecule has 0 atom stereocenters. The van der Waals surface area contributed by atoms with E-state index in [1.54, 1.807) is 4.90 Å². The predicted molar refractivity (Wildman–Crippen MR) is 82.2 cm³/mol. The summed E-state index contributed by atoms with van der Waals surface area (Å²) in [4.78, 5) is 36.6. The van der Waals surface area contributed by atoms with Gasteiger partial charge < -0.3 is 15.0 Å². The highest BCUT2D eigenvalue weighted by Crippen LogP contribution is 2.19. The van der Waals surface area contributed by atoms with Crippen molar-refractivity contribution in [1.29, 1.82) is 0 Å². The number of likely N-dealkylation sites (tertiary alicyclic amines) is 1. The van der Waals surface area contributed by atoms with Gasteiger partial charge in [0.1, 0.15) is 5.78 Å². The second-order valence-corrected chi connectivity index (χ2v) is 6.62. The van der Waals surface area contributed by atoms with Crippen molar-refractivity contribution in [3.63, 3.8) is 0 Å². The highest BCUT2D eigenvalue weighted by molar-refractivity contribution is 6.19. The zero-order valence-electron chi connectivity index (χ0n) is 13.1. The lowest BCUT2D eigenvalue weighted by Gasteiger charge is -2.34. The van der Waals surface area contributed by atoms with Gasteiger partial charge in [-0.3, -0.25) is 9.59 Å². The van der Waals surface area contributed by atoms with Gasteiger partial charge in [-0.25, -0.2) is 0 Å². The van der Waals surface area contributed by atoms with Crippen LogP contribution in [-0.4, -0.2) is 47.5 Å². The second kappa shape index (κ2) is 7.78. The second-order valence-electron chi connectivity index (χ2n) is 6.35. The SMILES string of the molecule is CC(=O)CCC(=O)N1CCC(NC(=O)C(C)(C)CCl)CC1. The van der Waals surface area contributed by atoms with Crippen LogP contribution in [0.25, 0.3) is 0 Å². The Kier molecular flexibility index (Phi) is 6.65. The predicted octanol–water partition coefficient (Wildman–Crippen LogP) is 1.73. The molecule has 0 bridgehead atoms. The number of alkyl halides is 1. The quantitative estimate of drug-likeness (QED) is 0.759. The van der Waals surface area contributed by atoms with Crippen molar-refractivity contribution in [1.82, 2.24) is 10.2 Å². The zero-order chi connectivity index (χ0) is 16.0. The maximum atomic E-state index is 12.0. The molecule has 0 spiro atoms. The Morgan fingerprint density at radius 3 is 2.24 bits per heavy atom. The first kappa shape index (κ1) is 18.0. The molecule has 1 saturated heterocycles. The fourth-order valence-electron chi connectivity index (χ4n) is 2.16. The summed E-state index contributed by atoms with van der Waals surface area (Å²) in [6, 6.07) is 0.0943. The zero-order valence-corrected chi connectivity index (χ0v) is 13.8. The van der Waals surface area contributed by atoms with Crippen LogP contribution >= 0.6 is 11.6 Å². The smallest absolute Gasteiger partial charge is 0.227 e. The molecule has 0 aromatic rings. The first-order chi connectivity index (χ1) is 9.76. The van der Waals surface area contributed by atoms with Crippen molar-refractivity contribution in [2.24, 2.45) is 5.41 Å². The fourth-order valence-corrected chi connectivity index (χ4v) is 2.28. The molecule has 0 radical (unpaired) electrons. The minimum atomic E-state index is -0.573. The summed E-state index contributed by atoms with van der Waals surface area (Å²) in [6.07, 6.45) is 2.08. The van der Waals surface area contributed by atoms with Gasteiger partial charge in [0, 0.05) is 37.9 Å². The number of ketones is 1. The lowest BCUT2D eigenvalue weighted by Crippen LogP contribution is -2.49. The minimum absolute atomic E-state index is 0.0241. The van der Waals surface area contributed by atoms with Crippen molar-refractivity contribution >= 4 is 29.2 Å². The molecule has 1 fully saturated rings. The van der Waals surface area contributed by atoms with Gasteiger partial charge in [0.25, 0.3) is 0 Å². The van der Waals surface area contributed by atoms with E-state index in [2.05, 4.69) is 5.32 Å². The van der Waals surface area contributed by atoms with Crippen LogP contribution in [0, 0.1) is 5.41 Å². The van der Waals surface area contributed by atoms with Gasteiger partial charge in [0.2, 0.25) is 11.8 Å². The molecule has 0 aliphatic carbocycles. The summed E-state index contributed by atoms with van der Waals surface area (Å²) in [5, 5.41) is 3.00. The van der Waals surface area contributed by atoms with Crippen molar-refractivity contribution in [3.05, 3.63) is 0 Å². The van der Waals surface area contributed by atoms with Gasteiger partial charge in [-0.2, -0.15) is 0 Å². The molecule has 0 aromatic heterocycles. The van der Waals surface area contributed by atoms with Crippen LogP contribution in [0.4, 0.5) is 0 Å². The number of carbonyl (C=O) groups excluding carboxylic acids is 3. The van der Waals surface area contributed by atoms with Crippen LogP contribution in [0.2, 0.25) is 0 Å². The Morgan fingerprint density at radius 2 is 1.76 bits per heavy atom. The third-order valence-corrected chi connectivity index (χ3v) is 4.49. The summed E-state index contributed by atoms with van der Waals surface area (Å²) in [7, 11) is 0. The molecule has 0 saturated carbocycles. The van der Waals surface area contributed by atoms with E-state index in [-0.39, 0.29) is 35.9 Å². The molecule has 0 unspecified atom stereocenters. The van der Waals surface area contributed by atoms with Gasteiger partial charge >= 0.3 is 0 Å². The van der Waals surface area contributed by atoms with E-state index in [0.717, 1.165) is 12.8 Å². The maximum Gasteiger partial charge on any atom is 0.227 e. The Morgan fingerprint density at radius 1 is 1.19 bits per heavy atom. The summed E-state index contributed by atoms with van der Waals surface area (Å²) >= 11 is 5.79. The first-order valence-corrected chi connectivity index (χ1v) is 7.94. The van der Waals surface area contributed by atoms with Crippen LogP contribution in [0.5, 0.6) is 0 Å². The van der Waals surface area contributed by atoms with E-state index in [9.17, 15) is 14.4 Å². The molecule has 2 amide bonds. The molecule has 0 aromatic carbocycles. The number of amides is 2. The van der Waals surface area contributed by atoms with Gasteiger partial charge in [0.15, 0.2) is 0 Å². The van der Waals surface area contributed by atoms with Crippen LogP contribution in [0.3, 0.4) is 0 Å². The number of hydrogen-bond donors (Lipinski definition) is 1. The van der Waals surface area contributed by atoms with Crippen LogP contribution in [-0.2, 0) is 14.4 Å². The van der Waals surface area contributed by atoms with Crippen LogP contribution in [0.15, 0.2) is 0 Å². The standard InChI is InChI=1S/C15H25ClN2O3/c1-11(19)4-5-13(20)18-8-6-12(7-9-18)17-14(21)15(2,3)10-16/h12H,4-10H2,1-3H3,(H,17,21). The molecule has 21 heavy (non-hydrogen) atoms. The number of rotatable bonds is 6. The molecule has 1 aliphatic heterocycles. The fraction of sp³-hybridized carbons (Fsp3) is 0.800.